The van der Waals surface area contributed by atoms with E-state index in [1.165, 1.54) is 0 Å². The largest absolute Gasteiger partial charge is 0.494 e. The third-order valence-corrected chi connectivity index (χ3v) is 5.76. The maximum atomic E-state index is 12.8. The predicted octanol–water partition coefficient (Wildman–Crippen LogP) is 4.56. The van der Waals surface area contributed by atoms with E-state index in [9.17, 15) is 4.79 Å². The zero-order valence-electron chi connectivity index (χ0n) is 20.6. The summed E-state index contributed by atoms with van der Waals surface area (Å²) < 4.78 is 13.4. The number of hydrogen-bond donors (Lipinski definition) is 2. The second kappa shape index (κ2) is 11.1. The minimum absolute atomic E-state index is 0.166. The van der Waals surface area contributed by atoms with E-state index >= 15 is 0 Å². The Labute approximate surface area is 215 Å². The number of aromatic nitrogens is 3. The van der Waals surface area contributed by atoms with Gasteiger partial charge in [-0.3, -0.25) is 9.20 Å². The van der Waals surface area contributed by atoms with Gasteiger partial charge in [0.1, 0.15) is 11.8 Å². The van der Waals surface area contributed by atoms with Gasteiger partial charge in [0.25, 0.3) is 0 Å². The van der Waals surface area contributed by atoms with Crippen LogP contribution in [0.4, 0.5) is 0 Å². The number of carbonyl (C=O) groups is 1. The summed E-state index contributed by atoms with van der Waals surface area (Å²) in [5, 5.41) is 12.3. The molecule has 1 amide bonds. The molecule has 0 saturated heterocycles. The molecule has 3 N–H and O–H groups in total. The first kappa shape index (κ1) is 25.6. The molecule has 4 rings (SSSR count). The Morgan fingerprint density at radius 2 is 1.92 bits per heavy atom. The molecule has 36 heavy (non-hydrogen) atoms. The van der Waals surface area contributed by atoms with Gasteiger partial charge in [-0.25, -0.2) is 0 Å². The molecule has 1 atom stereocenters. The molecule has 0 bridgehead atoms. The van der Waals surface area contributed by atoms with Crippen LogP contribution in [-0.2, 0) is 16.1 Å². The van der Waals surface area contributed by atoms with Gasteiger partial charge in [-0.2, -0.15) is 0 Å². The van der Waals surface area contributed by atoms with Crippen molar-refractivity contribution in [2.24, 2.45) is 5.73 Å². The molecular weight excluding hydrogens is 478 g/mol. The average molecular weight is 508 g/mol. The minimum atomic E-state index is -1.08. The van der Waals surface area contributed by atoms with Crippen LogP contribution < -0.4 is 15.8 Å². The highest BCUT2D eigenvalue weighted by atomic mass is 35.5. The highest BCUT2D eigenvalue weighted by Gasteiger charge is 2.28. The van der Waals surface area contributed by atoms with Crippen molar-refractivity contribution in [3.63, 3.8) is 0 Å². The molecule has 0 spiro atoms. The average Bonchev–Trinajstić information content (AvgIpc) is 3.27. The highest BCUT2D eigenvalue weighted by molar-refractivity contribution is 6.30. The van der Waals surface area contributed by atoms with Gasteiger partial charge >= 0.3 is 0 Å². The molecule has 2 aromatic carbocycles. The topological polar surface area (TPSA) is 104 Å². The van der Waals surface area contributed by atoms with E-state index in [0.29, 0.717) is 29.7 Å². The Morgan fingerprint density at radius 1 is 1.14 bits per heavy atom. The van der Waals surface area contributed by atoms with E-state index in [1.54, 1.807) is 24.4 Å². The van der Waals surface area contributed by atoms with Crippen molar-refractivity contribution in [1.29, 1.82) is 0 Å². The lowest BCUT2D eigenvalue weighted by Crippen LogP contribution is -2.50. The molecule has 0 aliphatic rings. The molecule has 0 unspecified atom stereocenters. The van der Waals surface area contributed by atoms with Crippen LogP contribution in [-0.4, -0.2) is 39.3 Å². The van der Waals surface area contributed by atoms with Crippen molar-refractivity contribution in [2.75, 3.05) is 13.2 Å². The van der Waals surface area contributed by atoms with Crippen LogP contribution in [0.1, 0.15) is 38.2 Å². The summed E-state index contributed by atoms with van der Waals surface area (Å²) in [6.45, 7) is 6.33. The highest BCUT2D eigenvalue weighted by Crippen LogP contribution is 2.31. The Bertz CT molecular complexity index is 1330. The van der Waals surface area contributed by atoms with E-state index in [-0.39, 0.29) is 12.5 Å². The summed E-state index contributed by atoms with van der Waals surface area (Å²) in [5.74, 6) is 0.900. The quantitative estimate of drug-likeness (QED) is 0.326. The molecule has 8 nitrogen and oxygen atoms in total. The van der Waals surface area contributed by atoms with Gasteiger partial charge < -0.3 is 20.5 Å². The Balaban J connectivity index is 1.70. The molecule has 0 aliphatic heterocycles. The van der Waals surface area contributed by atoms with E-state index in [1.807, 2.05) is 67.6 Å². The number of pyridine rings is 1. The summed E-state index contributed by atoms with van der Waals surface area (Å²) >= 11 is 6.52. The summed E-state index contributed by atoms with van der Waals surface area (Å²) in [4.78, 5) is 12.8. The number of nitrogens with zero attached hydrogens (tertiary/aromatic N) is 3. The van der Waals surface area contributed by atoms with Crippen molar-refractivity contribution in [2.45, 2.75) is 39.0 Å². The normalized spacial score (nSPS) is 12.5. The summed E-state index contributed by atoms with van der Waals surface area (Å²) in [5.41, 5.74) is 8.25. The van der Waals surface area contributed by atoms with E-state index in [4.69, 9.17) is 26.8 Å². The first-order chi connectivity index (χ1) is 17.3. The van der Waals surface area contributed by atoms with Gasteiger partial charge in [-0.1, -0.05) is 54.1 Å². The van der Waals surface area contributed by atoms with E-state index in [2.05, 4.69) is 15.5 Å². The predicted molar refractivity (Wildman–Crippen MR) is 140 cm³/mol. The van der Waals surface area contributed by atoms with E-state index < -0.39 is 11.6 Å². The standard InChI is InChI=1S/C27H30ClN5O3/c1-4-36-21-12-8-11-19(13-21)22-14-20(28)15-33-24(22)31-32-25(33)23(30-26(34)27(2,3)29)17-35-16-18-9-6-5-7-10-18/h5-15,23H,4,16-17,29H2,1-3H3,(H,30,34)/t23-/m1/s1. The number of hydrogen-bond acceptors (Lipinski definition) is 6. The third kappa shape index (κ3) is 6.02. The number of halogens is 1. The monoisotopic (exact) mass is 507 g/mol. The number of amides is 1. The SMILES string of the molecule is CCOc1cccc(-c2cc(Cl)cn3c([C@@H](COCc4ccccc4)NC(=O)C(C)(C)N)nnc23)c1. The molecule has 0 fully saturated rings. The van der Waals surface area contributed by atoms with Crippen molar-refractivity contribution >= 4 is 23.2 Å². The number of ether oxygens (including phenoxy) is 2. The summed E-state index contributed by atoms with van der Waals surface area (Å²) in [6.07, 6.45) is 1.73. The number of fused-ring (bicyclic) bond motifs is 1. The molecule has 9 heteroatoms. The van der Waals surface area contributed by atoms with Crippen LogP contribution in [0, 0.1) is 0 Å². The summed E-state index contributed by atoms with van der Waals surface area (Å²) in [6, 6.07) is 18.7. The van der Waals surface area contributed by atoms with Gasteiger partial charge in [-0.05, 0) is 50.1 Å². The van der Waals surface area contributed by atoms with Crippen LogP contribution in [0.15, 0.2) is 66.9 Å². The Kier molecular flexibility index (Phi) is 7.88. The zero-order valence-corrected chi connectivity index (χ0v) is 21.3. The number of rotatable bonds is 10. The number of carbonyl (C=O) groups excluding carboxylic acids is 1. The molecule has 4 aromatic rings. The second-order valence-electron chi connectivity index (χ2n) is 9.03. The molecule has 0 radical (unpaired) electrons. The van der Waals surface area contributed by atoms with Gasteiger partial charge in [0.2, 0.25) is 5.91 Å². The van der Waals surface area contributed by atoms with Crippen molar-refractivity contribution in [3.05, 3.63) is 83.3 Å². The number of nitrogens with one attached hydrogen (secondary N) is 1. The van der Waals surface area contributed by atoms with Crippen LogP contribution in [0.5, 0.6) is 5.75 Å². The van der Waals surface area contributed by atoms with E-state index in [0.717, 1.165) is 22.4 Å². The molecule has 2 aromatic heterocycles. The lowest BCUT2D eigenvalue weighted by atomic mass is 10.1. The molecule has 0 saturated carbocycles. The van der Waals surface area contributed by atoms with Gasteiger partial charge in [0.15, 0.2) is 11.5 Å². The van der Waals surface area contributed by atoms with Gasteiger partial charge in [0, 0.05) is 11.8 Å². The lowest BCUT2D eigenvalue weighted by molar-refractivity contribution is -0.126. The fourth-order valence-corrected chi connectivity index (χ4v) is 3.95. The molecular formula is C27H30ClN5O3. The number of nitrogens with two attached hydrogens (primary N) is 1. The van der Waals surface area contributed by atoms with Crippen LogP contribution in [0.3, 0.4) is 0 Å². The number of benzene rings is 2. The maximum absolute atomic E-state index is 12.8. The third-order valence-electron chi connectivity index (χ3n) is 5.55. The van der Waals surface area contributed by atoms with Crippen LogP contribution in [0.25, 0.3) is 16.8 Å². The maximum Gasteiger partial charge on any atom is 0.240 e. The summed E-state index contributed by atoms with van der Waals surface area (Å²) in [7, 11) is 0. The fourth-order valence-electron chi connectivity index (χ4n) is 3.74. The van der Waals surface area contributed by atoms with Crippen molar-refractivity contribution < 1.29 is 14.3 Å². The Morgan fingerprint density at radius 3 is 2.64 bits per heavy atom. The fraction of sp³-hybridized carbons (Fsp3) is 0.296. The molecule has 188 valence electrons. The second-order valence-corrected chi connectivity index (χ2v) is 9.47. The Hall–Kier alpha value is -3.46. The van der Waals surface area contributed by atoms with Crippen molar-refractivity contribution in [1.82, 2.24) is 19.9 Å². The van der Waals surface area contributed by atoms with Gasteiger partial charge in [0.05, 0.1) is 30.4 Å². The first-order valence-electron chi connectivity index (χ1n) is 11.7. The smallest absolute Gasteiger partial charge is 0.240 e. The van der Waals surface area contributed by atoms with Crippen molar-refractivity contribution in [3.8, 4) is 16.9 Å². The first-order valence-corrected chi connectivity index (χ1v) is 12.1. The zero-order chi connectivity index (χ0) is 25.7. The van der Waals surface area contributed by atoms with Gasteiger partial charge in [-0.15, -0.1) is 10.2 Å². The lowest BCUT2D eigenvalue weighted by Gasteiger charge is -2.23. The van der Waals surface area contributed by atoms with Crippen LogP contribution in [0.2, 0.25) is 5.02 Å². The minimum Gasteiger partial charge on any atom is -0.494 e. The molecule has 2 heterocycles. The van der Waals surface area contributed by atoms with Crippen LogP contribution >= 0.6 is 11.6 Å². The molecule has 0 aliphatic carbocycles.